The van der Waals surface area contributed by atoms with Gasteiger partial charge in [0.15, 0.2) is 0 Å². The molecule has 0 atom stereocenters. The van der Waals surface area contributed by atoms with E-state index in [9.17, 15) is 0 Å². The summed E-state index contributed by atoms with van der Waals surface area (Å²) in [6.45, 7) is 0. The Morgan fingerprint density at radius 3 is 3.33 bits per heavy atom. The van der Waals surface area contributed by atoms with Gasteiger partial charge in [0.25, 0.3) is 0 Å². The van der Waals surface area contributed by atoms with Crippen molar-refractivity contribution >= 4 is 11.6 Å². The predicted octanol–water partition coefficient (Wildman–Crippen LogP) is 1.90. The molecule has 2 aromatic heterocycles. The van der Waals surface area contributed by atoms with E-state index in [1.54, 1.807) is 0 Å². The zero-order chi connectivity index (χ0) is 7.97. The number of pyridine rings is 1. The first-order valence-electron chi connectivity index (χ1n) is 4.07. The minimum atomic E-state index is 1.07. The van der Waals surface area contributed by atoms with E-state index in [-0.39, 0.29) is 0 Å². The highest BCUT2D eigenvalue weighted by Gasteiger charge is 2.08. The molecule has 0 saturated carbocycles. The third kappa shape index (κ3) is 0.619. The lowest BCUT2D eigenvalue weighted by molar-refractivity contribution is 0.955. The second-order valence-electron chi connectivity index (χ2n) is 3.02. The maximum absolute atomic E-state index is 4.18. The molecule has 2 aromatic rings. The molecule has 0 amide bonds. The number of aromatic nitrogens is 2. The van der Waals surface area contributed by atoms with Crippen LogP contribution in [0.4, 0.5) is 0 Å². The summed E-state index contributed by atoms with van der Waals surface area (Å²) < 4.78 is 1.91. The van der Waals surface area contributed by atoms with Crippen LogP contribution in [0.2, 0.25) is 0 Å². The van der Waals surface area contributed by atoms with Gasteiger partial charge in [0.1, 0.15) is 0 Å². The maximum atomic E-state index is 4.18. The zero-order valence-corrected chi connectivity index (χ0v) is 6.57. The molecule has 0 fully saturated rings. The molecule has 3 rings (SSSR count). The van der Waals surface area contributed by atoms with E-state index in [1.165, 1.54) is 16.6 Å². The molecule has 0 N–H and O–H groups in total. The van der Waals surface area contributed by atoms with Gasteiger partial charge in [0, 0.05) is 18.0 Å². The van der Waals surface area contributed by atoms with Gasteiger partial charge in [0.05, 0.1) is 5.52 Å². The molecule has 0 bridgehead atoms. The quantitative estimate of drug-likeness (QED) is 0.569. The predicted molar refractivity (Wildman–Crippen MR) is 47.9 cm³/mol. The summed E-state index contributed by atoms with van der Waals surface area (Å²) in [5.41, 5.74) is 3.94. The number of rotatable bonds is 0. The summed E-state index contributed by atoms with van der Waals surface area (Å²) in [5.74, 6) is 0. The van der Waals surface area contributed by atoms with Crippen LogP contribution in [-0.4, -0.2) is 9.61 Å². The number of nitrogens with zero attached hydrogens (tertiary/aromatic N) is 2. The average molecular weight is 156 g/mol. The summed E-state index contributed by atoms with van der Waals surface area (Å²) in [6.07, 6.45) is 9.28. The smallest absolute Gasteiger partial charge is 0.0736 e. The van der Waals surface area contributed by atoms with Crippen molar-refractivity contribution in [3.8, 4) is 0 Å². The Kier molecular flexibility index (Phi) is 0.987. The Morgan fingerprint density at radius 2 is 2.33 bits per heavy atom. The van der Waals surface area contributed by atoms with E-state index in [2.05, 4.69) is 29.4 Å². The second-order valence-corrected chi connectivity index (χ2v) is 3.02. The van der Waals surface area contributed by atoms with Crippen LogP contribution in [0.15, 0.2) is 30.6 Å². The maximum Gasteiger partial charge on any atom is 0.0736 e. The number of fused-ring (bicyclic) bond motifs is 3. The van der Waals surface area contributed by atoms with Crippen molar-refractivity contribution in [2.24, 2.45) is 0 Å². The Morgan fingerprint density at radius 1 is 1.33 bits per heavy atom. The molecule has 0 saturated heterocycles. The lowest BCUT2D eigenvalue weighted by Gasteiger charge is -1.99. The van der Waals surface area contributed by atoms with Crippen molar-refractivity contribution in [3.63, 3.8) is 0 Å². The lowest BCUT2D eigenvalue weighted by Crippen LogP contribution is -1.90. The van der Waals surface area contributed by atoms with Gasteiger partial charge in [0.2, 0.25) is 0 Å². The first-order chi connectivity index (χ1) is 5.95. The molecule has 2 heterocycles. The Labute approximate surface area is 70.1 Å². The molecule has 0 unspecified atom stereocenters. The summed E-state index contributed by atoms with van der Waals surface area (Å²) in [4.78, 5) is 0. The van der Waals surface area contributed by atoms with Crippen molar-refractivity contribution in [1.82, 2.24) is 9.61 Å². The second kappa shape index (κ2) is 1.97. The fourth-order valence-corrected chi connectivity index (χ4v) is 1.74. The molecule has 0 aromatic carbocycles. The molecule has 0 aliphatic heterocycles. The van der Waals surface area contributed by atoms with Gasteiger partial charge in [-0.25, -0.2) is 4.52 Å². The van der Waals surface area contributed by atoms with E-state index in [1.807, 2.05) is 16.9 Å². The summed E-state index contributed by atoms with van der Waals surface area (Å²) in [6, 6.07) is 4.18. The van der Waals surface area contributed by atoms with Crippen LogP contribution in [0, 0.1) is 0 Å². The highest BCUT2D eigenvalue weighted by Crippen LogP contribution is 2.23. The largest absolute Gasteiger partial charge is 0.240 e. The van der Waals surface area contributed by atoms with Crippen molar-refractivity contribution in [2.75, 3.05) is 0 Å². The van der Waals surface area contributed by atoms with Crippen LogP contribution in [0.1, 0.15) is 11.1 Å². The molecule has 2 nitrogen and oxygen atoms in total. The van der Waals surface area contributed by atoms with Gasteiger partial charge < -0.3 is 0 Å². The zero-order valence-electron chi connectivity index (χ0n) is 6.57. The van der Waals surface area contributed by atoms with E-state index in [4.69, 9.17) is 0 Å². The van der Waals surface area contributed by atoms with Crippen molar-refractivity contribution in [3.05, 3.63) is 41.7 Å². The standard InChI is InChI=1S/C10H8N2/c1-2-8-5-7-12-10(4-6-11-12)9(8)3-1/h1,3-7H,2H2. The van der Waals surface area contributed by atoms with Crippen LogP contribution in [0.5, 0.6) is 0 Å². The van der Waals surface area contributed by atoms with Crippen LogP contribution >= 0.6 is 0 Å². The lowest BCUT2D eigenvalue weighted by atomic mass is 10.1. The molecule has 12 heavy (non-hydrogen) atoms. The summed E-state index contributed by atoms with van der Waals surface area (Å²) >= 11 is 0. The molecule has 58 valence electrons. The van der Waals surface area contributed by atoms with Gasteiger partial charge in [-0.2, -0.15) is 5.10 Å². The van der Waals surface area contributed by atoms with Crippen molar-refractivity contribution < 1.29 is 0 Å². The van der Waals surface area contributed by atoms with Crippen LogP contribution in [-0.2, 0) is 6.42 Å². The van der Waals surface area contributed by atoms with Crippen molar-refractivity contribution in [1.29, 1.82) is 0 Å². The molecular weight excluding hydrogens is 148 g/mol. The Hall–Kier alpha value is -1.57. The van der Waals surface area contributed by atoms with E-state index in [0.29, 0.717) is 0 Å². The monoisotopic (exact) mass is 156 g/mol. The van der Waals surface area contributed by atoms with Crippen LogP contribution < -0.4 is 0 Å². The highest BCUT2D eigenvalue weighted by molar-refractivity contribution is 5.74. The van der Waals surface area contributed by atoms with Gasteiger partial charge in [-0.15, -0.1) is 0 Å². The normalized spacial score (nSPS) is 14.0. The topological polar surface area (TPSA) is 17.3 Å². The summed E-state index contributed by atoms with van der Waals surface area (Å²) in [5, 5.41) is 4.18. The molecular formula is C10H8N2. The Balaban J connectivity index is 2.52. The van der Waals surface area contributed by atoms with Gasteiger partial charge in [-0.1, -0.05) is 12.2 Å². The van der Waals surface area contributed by atoms with Gasteiger partial charge in [-0.05, 0) is 24.1 Å². The van der Waals surface area contributed by atoms with Crippen molar-refractivity contribution in [2.45, 2.75) is 6.42 Å². The van der Waals surface area contributed by atoms with Crippen LogP contribution in [0.3, 0.4) is 0 Å². The molecule has 2 heteroatoms. The van der Waals surface area contributed by atoms with Gasteiger partial charge in [-0.3, -0.25) is 0 Å². The minimum absolute atomic E-state index is 1.07. The Bertz CT molecular complexity index is 466. The third-order valence-electron chi connectivity index (χ3n) is 2.33. The SMILES string of the molecule is C1=Cc2c(ccn3nccc23)C1. The number of hydrogen-bond acceptors (Lipinski definition) is 1. The van der Waals surface area contributed by atoms with Crippen LogP contribution in [0.25, 0.3) is 11.6 Å². The molecule has 0 spiro atoms. The van der Waals surface area contributed by atoms with Gasteiger partial charge >= 0.3 is 0 Å². The average Bonchev–Trinajstić information content (AvgIpc) is 2.71. The minimum Gasteiger partial charge on any atom is -0.240 e. The molecule has 1 aliphatic carbocycles. The molecule has 0 radical (unpaired) electrons. The van der Waals surface area contributed by atoms with E-state index < -0.39 is 0 Å². The fraction of sp³-hybridized carbons (Fsp3) is 0.100. The van der Waals surface area contributed by atoms with E-state index in [0.717, 1.165) is 6.42 Å². The summed E-state index contributed by atoms with van der Waals surface area (Å²) in [7, 11) is 0. The van der Waals surface area contributed by atoms with E-state index >= 15 is 0 Å². The molecule has 1 aliphatic rings. The fourth-order valence-electron chi connectivity index (χ4n) is 1.74. The highest BCUT2D eigenvalue weighted by atomic mass is 15.2. The first kappa shape index (κ1) is 6.00. The number of hydrogen-bond donors (Lipinski definition) is 0. The first-order valence-corrected chi connectivity index (χ1v) is 4.07. The third-order valence-corrected chi connectivity index (χ3v) is 2.33. The number of allylic oxidation sites excluding steroid dienone is 1.